The first-order chi connectivity index (χ1) is 23.0. The minimum Gasteiger partial charge on any atom is -0.457 e. The van der Waals surface area contributed by atoms with Crippen molar-refractivity contribution < 1.29 is 32.3 Å². The van der Waals surface area contributed by atoms with Crippen LogP contribution in [0.2, 0.25) is 0 Å². The monoisotopic (exact) mass is 670 g/mol. The Kier molecular flexibility index (Phi) is 9.90. The third-order valence-corrected chi connectivity index (χ3v) is 8.41. The number of nitrogens with zero attached hydrogens (tertiary/aromatic N) is 3. The minimum absolute atomic E-state index is 0.00829. The number of fused-ring (bicyclic) bond motifs is 1. The molecule has 1 aliphatic carbocycles. The summed E-state index contributed by atoms with van der Waals surface area (Å²) in [4.78, 5) is 26.5. The molecule has 5 rings (SSSR count). The molecule has 1 aromatic heterocycles. The largest absolute Gasteiger partial charge is 0.457 e. The van der Waals surface area contributed by atoms with Crippen LogP contribution in [0, 0.1) is 17.1 Å². The summed E-state index contributed by atoms with van der Waals surface area (Å²) in [5.41, 5.74) is -2.80. The molecule has 4 aromatic rings. The van der Waals surface area contributed by atoms with E-state index in [1.807, 2.05) is 54.6 Å². The maximum Gasteiger partial charge on any atom is 0.408 e. The lowest BCUT2D eigenvalue weighted by molar-refractivity contribution is -0.123. The van der Waals surface area contributed by atoms with Gasteiger partial charge in [-0.05, 0) is 113 Å². The summed E-state index contributed by atoms with van der Waals surface area (Å²) in [6.07, 6.45) is -0.419. The lowest BCUT2D eigenvalue weighted by atomic mass is 9.75. The molecule has 0 aliphatic heterocycles. The van der Waals surface area contributed by atoms with E-state index in [2.05, 4.69) is 21.6 Å². The third kappa shape index (κ3) is 8.49. The topological polar surface area (TPSA) is 127 Å². The molecule has 0 bridgehead atoms. The highest BCUT2D eigenvalue weighted by Crippen LogP contribution is 2.44. The molecule has 11 heteroatoms. The molecule has 1 amide bonds. The highest BCUT2D eigenvalue weighted by atomic mass is 19.1. The zero-order chi connectivity index (χ0) is 35.6. The maximum atomic E-state index is 16.8. The van der Waals surface area contributed by atoms with E-state index in [1.165, 1.54) is 13.0 Å². The third-order valence-electron chi connectivity index (χ3n) is 8.41. The van der Waals surface area contributed by atoms with Crippen LogP contribution in [0.1, 0.15) is 89.3 Å². The lowest BCUT2D eigenvalue weighted by Gasteiger charge is -2.34. The molecular weight excluding hydrogens is 630 g/mol. The Morgan fingerprint density at radius 3 is 2.39 bits per heavy atom. The number of halogens is 2. The van der Waals surface area contributed by atoms with Gasteiger partial charge in [0.25, 0.3) is 5.89 Å². The number of alkyl halides is 1. The van der Waals surface area contributed by atoms with Gasteiger partial charge in [0.05, 0.1) is 17.7 Å². The molecule has 0 saturated heterocycles. The van der Waals surface area contributed by atoms with E-state index in [1.54, 1.807) is 34.6 Å². The maximum absolute atomic E-state index is 16.8. The first-order valence-electron chi connectivity index (χ1n) is 16.2. The van der Waals surface area contributed by atoms with E-state index in [-0.39, 0.29) is 35.1 Å². The van der Waals surface area contributed by atoms with Crippen LogP contribution < -0.4 is 10.1 Å². The number of ether oxygens (including phenoxy) is 2. The van der Waals surface area contributed by atoms with Gasteiger partial charge in [-0.2, -0.15) is 5.26 Å². The predicted molar refractivity (Wildman–Crippen MR) is 178 cm³/mol. The number of amides is 1. The highest BCUT2D eigenvalue weighted by molar-refractivity contribution is 5.88. The summed E-state index contributed by atoms with van der Waals surface area (Å²) in [7, 11) is 0. The standard InChI is InChI=1S/C38H40F2N4O5/c1-36(2,3)49-35(46)42-31-21-38(6,40)29-20-30(39)28(33-43-44-34(48-33)37(4,5)22-41)19-27(29)24(18-32(31)45)15-12-23-13-16-26(17-14-23)47-25-10-8-7-9-11-25/h7-11,13-14,16-17,19-20,24,31H,12,15,18,21H2,1-6H3,(H,42,46). The van der Waals surface area contributed by atoms with Crippen molar-refractivity contribution in [3.05, 3.63) is 95.1 Å². The summed E-state index contributed by atoms with van der Waals surface area (Å²) in [5.74, 6) is -0.541. The molecular formula is C38H40F2N4O5. The van der Waals surface area contributed by atoms with Crippen molar-refractivity contribution in [2.75, 3.05) is 0 Å². The number of aryl methyl sites for hydroxylation is 1. The zero-order valence-electron chi connectivity index (χ0n) is 28.5. The lowest BCUT2D eigenvalue weighted by Crippen LogP contribution is -2.47. The number of carbonyl (C=O) groups is 2. The average Bonchev–Trinajstić information content (AvgIpc) is 3.54. The van der Waals surface area contributed by atoms with Crippen LogP contribution in [0.25, 0.3) is 11.5 Å². The quantitative estimate of drug-likeness (QED) is 0.197. The van der Waals surface area contributed by atoms with Crippen molar-refractivity contribution in [3.63, 3.8) is 0 Å². The first kappa shape index (κ1) is 35.2. The van der Waals surface area contributed by atoms with Crippen molar-refractivity contribution in [2.24, 2.45) is 0 Å². The number of hydrogen-bond acceptors (Lipinski definition) is 8. The molecule has 0 fully saturated rings. The molecule has 1 aliphatic rings. The second-order valence-electron chi connectivity index (χ2n) is 14.1. The molecule has 3 aromatic carbocycles. The van der Waals surface area contributed by atoms with E-state index in [9.17, 15) is 14.9 Å². The van der Waals surface area contributed by atoms with Gasteiger partial charge in [0.15, 0.2) is 5.78 Å². The Labute approximate surface area is 284 Å². The van der Waals surface area contributed by atoms with Crippen molar-refractivity contribution in [3.8, 4) is 29.0 Å². The van der Waals surface area contributed by atoms with Gasteiger partial charge >= 0.3 is 6.09 Å². The van der Waals surface area contributed by atoms with Crippen LogP contribution in [-0.2, 0) is 27.0 Å². The smallest absolute Gasteiger partial charge is 0.408 e. The summed E-state index contributed by atoms with van der Waals surface area (Å²) >= 11 is 0. The fourth-order valence-corrected chi connectivity index (χ4v) is 5.81. The van der Waals surface area contributed by atoms with Gasteiger partial charge in [-0.15, -0.1) is 10.2 Å². The van der Waals surface area contributed by atoms with Crippen molar-refractivity contribution in [1.29, 1.82) is 5.26 Å². The molecule has 3 atom stereocenters. The molecule has 256 valence electrons. The first-order valence-corrected chi connectivity index (χ1v) is 16.2. The Morgan fingerprint density at radius 2 is 1.73 bits per heavy atom. The number of hydrogen-bond donors (Lipinski definition) is 1. The number of alkyl carbamates (subject to hydrolysis) is 1. The Morgan fingerprint density at radius 1 is 1.06 bits per heavy atom. The summed E-state index contributed by atoms with van der Waals surface area (Å²) in [6.45, 7) is 9.53. The molecule has 49 heavy (non-hydrogen) atoms. The van der Waals surface area contributed by atoms with Gasteiger partial charge in [-0.25, -0.2) is 13.6 Å². The number of Topliss-reactive ketones (excluding diaryl/α,β-unsaturated/α-hetero) is 1. The number of carbonyl (C=O) groups excluding carboxylic acids is 2. The summed E-state index contributed by atoms with van der Waals surface area (Å²) in [5, 5.41) is 20.0. The minimum atomic E-state index is -2.22. The molecule has 9 nitrogen and oxygen atoms in total. The molecule has 1 N–H and O–H groups in total. The number of rotatable bonds is 8. The van der Waals surface area contributed by atoms with E-state index >= 15 is 8.78 Å². The Balaban J connectivity index is 1.49. The van der Waals surface area contributed by atoms with Crippen LogP contribution in [0.15, 0.2) is 71.1 Å². The van der Waals surface area contributed by atoms with E-state index in [0.717, 1.165) is 11.6 Å². The number of benzene rings is 3. The summed E-state index contributed by atoms with van der Waals surface area (Å²) < 4.78 is 49.6. The van der Waals surface area contributed by atoms with E-state index < -0.39 is 47.0 Å². The number of para-hydroxylation sites is 1. The van der Waals surface area contributed by atoms with Crippen LogP contribution in [0.4, 0.5) is 13.6 Å². The van der Waals surface area contributed by atoms with Gasteiger partial charge in [0.2, 0.25) is 5.89 Å². The van der Waals surface area contributed by atoms with Crippen molar-refractivity contribution in [1.82, 2.24) is 15.5 Å². The second-order valence-corrected chi connectivity index (χ2v) is 14.1. The molecule has 1 heterocycles. The SMILES string of the molecule is CC(C)(C)OC(=O)NC1CC(C)(F)c2cc(F)c(-c3nnc(C(C)(C)C#N)o3)cc2C(CCc2ccc(Oc3ccccc3)cc2)CC1=O. The summed E-state index contributed by atoms with van der Waals surface area (Å²) in [6, 6.07) is 20.4. The van der Waals surface area contributed by atoms with Crippen molar-refractivity contribution >= 4 is 11.9 Å². The number of ketones is 1. The molecule has 0 spiro atoms. The molecule has 0 saturated carbocycles. The highest BCUT2D eigenvalue weighted by Gasteiger charge is 2.41. The molecule has 0 radical (unpaired) electrons. The number of nitriles is 1. The van der Waals surface area contributed by atoms with E-state index in [0.29, 0.717) is 29.9 Å². The average molecular weight is 671 g/mol. The van der Waals surface area contributed by atoms with Gasteiger partial charge in [-0.3, -0.25) is 4.79 Å². The fourth-order valence-electron chi connectivity index (χ4n) is 5.81. The van der Waals surface area contributed by atoms with Gasteiger partial charge < -0.3 is 19.2 Å². The van der Waals surface area contributed by atoms with Gasteiger partial charge in [-0.1, -0.05) is 30.3 Å². The van der Waals surface area contributed by atoms with Crippen LogP contribution in [-0.4, -0.2) is 33.7 Å². The molecule has 3 unspecified atom stereocenters. The zero-order valence-corrected chi connectivity index (χ0v) is 28.5. The Bertz CT molecular complexity index is 1860. The van der Waals surface area contributed by atoms with Gasteiger partial charge in [0, 0.05) is 12.8 Å². The predicted octanol–water partition coefficient (Wildman–Crippen LogP) is 8.63. The normalized spacial score (nSPS) is 19.6. The van der Waals surface area contributed by atoms with Crippen molar-refractivity contribution in [2.45, 2.75) is 95.9 Å². The number of nitrogens with one attached hydrogen (secondary N) is 1. The fraction of sp³-hybridized carbons (Fsp3) is 0.395. The van der Waals surface area contributed by atoms with Gasteiger partial charge in [0.1, 0.15) is 34.0 Å². The van der Waals surface area contributed by atoms with Crippen LogP contribution in [0.3, 0.4) is 0 Å². The van der Waals surface area contributed by atoms with Crippen LogP contribution >= 0.6 is 0 Å². The number of aromatic nitrogens is 2. The van der Waals surface area contributed by atoms with E-state index in [4.69, 9.17) is 13.9 Å². The van der Waals surface area contributed by atoms with Crippen LogP contribution in [0.5, 0.6) is 11.5 Å². The second kappa shape index (κ2) is 13.8. The Hall–Kier alpha value is -5.11.